The van der Waals surface area contributed by atoms with Crippen LogP contribution in [0, 0.1) is 0 Å². The number of fused-ring (bicyclic) bond motifs is 9. The standard InChI is InChI=1S/C56H40N2/c1-55(2)48-30-15-16-31-50(48)56(46-28-13-11-25-43(46)44-26-12-14-29-47(44)56)51-35-40(32-33-49(51)55)39-22-17-23-41(34-39)53-36-52(38-20-7-4-8-21-38)57-54(58-53)45-27-10-9-24-42(45)37-18-5-3-6-19-37/h3-36H,1-2H3. The van der Waals surface area contributed by atoms with Gasteiger partial charge >= 0.3 is 0 Å². The monoisotopic (exact) mass is 740 g/mol. The van der Waals surface area contributed by atoms with E-state index in [-0.39, 0.29) is 5.41 Å². The van der Waals surface area contributed by atoms with E-state index in [0.29, 0.717) is 5.82 Å². The summed E-state index contributed by atoms with van der Waals surface area (Å²) < 4.78 is 0. The van der Waals surface area contributed by atoms with Crippen molar-refractivity contribution < 1.29 is 0 Å². The SMILES string of the molecule is CC1(C)c2ccccc2C2(c3ccccc3-c3ccccc32)c2cc(-c3cccc(-c4cc(-c5ccccc5)nc(-c5ccccc5-c5ccccc5)n4)c3)ccc21. The van der Waals surface area contributed by atoms with Crippen molar-refractivity contribution in [1.82, 2.24) is 9.97 Å². The largest absolute Gasteiger partial charge is 0.228 e. The van der Waals surface area contributed by atoms with Gasteiger partial charge in [-0.3, -0.25) is 0 Å². The number of benzene rings is 8. The zero-order chi connectivity index (χ0) is 38.8. The lowest BCUT2D eigenvalue weighted by Crippen LogP contribution is -2.40. The molecule has 0 aliphatic heterocycles. The summed E-state index contributed by atoms with van der Waals surface area (Å²) >= 11 is 0. The Balaban J connectivity index is 1.10. The minimum Gasteiger partial charge on any atom is -0.228 e. The van der Waals surface area contributed by atoms with Gasteiger partial charge in [0.05, 0.1) is 16.8 Å². The summed E-state index contributed by atoms with van der Waals surface area (Å²) in [5, 5.41) is 0. The van der Waals surface area contributed by atoms with Crippen molar-refractivity contribution in [2.75, 3.05) is 0 Å². The van der Waals surface area contributed by atoms with E-state index in [2.05, 4.69) is 214 Å². The van der Waals surface area contributed by atoms with Gasteiger partial charge in [-0.1, -0.05) is 202 Å². The van der Waals surface area contributed by atoms with Gasteiger partial charge < -0.3 is 0 Å². The van der Waals surface area contributed by atoms with Crippen LogP contribution < -0.4 is 0 Å². The quantitative estimate of drug-likeness (QED) is 0.176. The summed E-state index contributed by atoms with van der Waals surface area (Å²) in [4.78, 5) is 10.5. The van der Waals surface area contributed by atoms with Crippen molar-refractivity contribution >= 4 is 0 Å². The van der Waals surface area contributed by atoms with Gasteiger partial charge in [-0.05, 0) is 85.0 Å². The van der Waals surface area contributed by atoms with E-state index >= 15 is 0 Å². The first kappa shape index (κ1) is 34.1. The van der Waals surface area contributed by atoms with E-state index < -0.39 is 5.41 Å². The van der Waals surface area contributed by atoms with Crippen molar-refractivity contribution in [3.63, 3.8) is 0 Å². The molecule has 11 rings (SSSR count). The summed E-state index contributed by atoms with van der Waals surface area (Å²) in [7, 11) is 0. The number of nitrogens with zero attached hydrogens (tertiary/aromatic N) is 2. The van der Waals surface area contributed by atoms with Crippen LogP contribution in [0.2, 0.25) is 0 Å². The van der Waals surface area contributed by atoms with Crippen LogP contribution >= 0.6 is 0 Å². The molecule has 0 saturated carbocycles. The molecule has 2 aliphatic carbocycles. The Morgan fingerprint density at radius 1 is 0.293 bits per heavy atom. The highest BCUT2D eigenvalue weighted by Gasteiger charge is 2.53. The van der Waals surface area contributed by atoms with Crippen LogP contribution in [-0.2, 0) is 10.8 Å². The predicted molar refractivity (Wildman–Crippen MR) is 239 cm³/mol. The van der Waals surface area contributed by atoms with E-state index in [1.165, 1.54) is 50.1 Å². The lowest BCUT2D eigenvalue weighted by molar-refractivity contribution is 0.563. The summed E-state index contributed by atoms with van der Waals surface area (Å²) in [6, 6.07) is 74.9. The lowest BCUT2D eigenvalue weighted by Gasteiger charge is -2.46. The molecule has 2 aliphatic rings. The fourth-order valence-electron chi connectivity index (χ4n) is 9.92. The molecular weight excluding hydrogens is 701 g/mol. The molecule has 9 aromatic rings. The normalized spacial score (nSPS) is 14.0. The Bertz CT molecular complexity index is 2990. The van der Waals surface area contributed by atoms with Crippen LogP contribution in [0.3, 0.4) is 0 Å². The fraction of sp³-hybridized carbons (Fsp3) is 0.0714. The lowest BCUT2D eigenvalue weighted by atomic mass is 9.55. The topological polar surface area (TPSA) is 25.8 Å². The summed E-state index contributed by atoms with van der Waals surface area (Å²) in [6.07, 6.45) is 0. The molecule has 0 atom stereocenters. The Morgan fingerprint density at radius 3 is 1.43 bits per heavy atom. The average Bonchev–Trinajstić information content (AvgIpc) is 3.59. The maximum absolute atomic E-state index is 5.33. The van der Waals surface area contributed by atoms with Gasteiger partial charge in [-0.2, -0.15) is 0 Å². The molecule has 0 fully saturated rings. The van der Waals surface area contributed by atoms with E-state index in [1.807, 2.05) is 6.07 Å². The zero-order valence-corrected chi connectivity index (χ0v) is 32.5. The van der Waals surface area contributed by atoms with Crippen LogP contribution in [0.25, 0.3) is 67.3 Å². The molecule has 0 N–H and O–H groups in total. The van der Waals surface area contributed by atoms with Crippen molar-refractivity contribution in [2.45, 2.75) is 24.7 Å². The zero-order valence-electron chi connectivity index (χ0n) is 32.5. The van der Waals surface area contributed by atoms with Crippen molar-refractivity contribution in [3.8, 4) is 67.3 Å². The Labute approximate surface area is 340 Å². The van der Waals surface area contributed by atoms with Crippen LogP contribution in [0.4, 0.5) is 0 Å². The molecule has 0 saturated heterocycles. The molecule has 58 heavy (non-hydrogen) atoms. The predicted octanol–water partition coefficient (Wildman–Crippen LogP) is 13.8. The Hall–Kier alpha value is -7.16. The van der Waals surface area contributed by atoms with Gasteiger partial charge in [-0.15, -0.1) is 0 Å². The van der Waals surface area contributed by atoms with Crippen LogP contribution in [-0.4, -0.2) is 9.97 Å². The van der Waals surface area contributed by atoms with Crippen LogP contribution in [0.15, 0.2) is 206 Å². The second-order valence-electron chi connectivity index (χ2n) is 16.1. The highest BCUT2D eigenvalue weighted by Crippen LogP contribution is 2.62. The Kier molecular flexibility index (Phi) is 7.78. The average molecular weight is 741 g/mol. The fourth-order valence-corrected chi connectivity index (χ4v) is 9.92. The minimum absolute atomic E-state index is 0.189. The van der Waals surface area contributed by atoms with Gasteiger partial charge in [-0.25, -0.2) is 9.97 Å². The smallest absolute Gasteiger partial charge is 0.161 e. The highest BCUT2D eigenvalue weighted by atomic mass is 14.9. The molecule has 0 bridgehead atoms. The summed E-state index contributed by atoms with van der Waals surface area (Å²) in [6.45, 7) is 4.77. The molecule has 1 heterocycles. The van der Waals surface area contributed by atoms with Gasteiger partial charge in [0, 0.05) is 22.1 Å². The molecule has 8 aromatic carbocycles. The van der Waals surface area contributed by atoms with Crippen molar-refractivity contribution in [3.05, 3.63) is 240 Å². The molecule has 274 valence electrons. The molecule has 0 unspecified atom stereocenters. The number of hydrogen-bond acceptors (Lipinski definition) is 2. The highest BCUT2D eigenvalue weighted by molar-refractivity contribution is 5.89. The van der Waals surface area contributed by atoms with E-state index in [0.717, 1.165) is 44.8 Å². The van der Waals surface area contributed by atoms with Gasteiger partial charge in [0.15, 0.2) is 5.82 Å². The second kappa shape index (κ2) is 13.2. The number of hydrogen-bond donors (Lipinski definition) is 0. The maximum atomic E-state index is 5.33. The third-order valence-corrected chi connectivity index (χ3v) is 12.6. The second-order valence-corrected chi connectivity index (χ2v) is 16.1. The molecule has 0 amide bonds. The van der Waals surface area contributed by atoms with E-state index in [4.69, 9.17) is 9.97 Å². The Morgan fingerprint density at radius 2 is 0.759 bits per heavy atom. The van der Waals surface area contributed by atoms with Gasteiger partial charge in [0.25, 0.3) is 0 Å². The molecular formula is C56H40N2. The maximum Gasteiger partial charge on any atom is 0.161 e. The molecule has 2 heteroatoms. The van der Waals surface area contributed by atoms with Crippen LogP contribution in [0.1, 0.15) is 47.2 Å². The summed E-state index contributed by atoms with van der Waals surface area (Å²) in [5.41, 5.74) is 19.6. The molecule has 1 spiro atoms. The van der Waals surface area contributed by atoms with Crippen LogP contribution in [0.5, 0.6) is 0 Å². The first-order chi connectivity index (χ1) is 28.5. The van der Waals surface area contributed by atoms with E-state index in [1.54, 1.807) is 0 Å². The first-order valence-electron chi connectivity index (χ1n) is 20.2. The van der Waals surface area contributed by atoms with Gasteiger partial charge in [0.1, 0.15) is 0 Å². The molecule has 0 radical (unpaired) electrons. The molecule has 2 nitrogen and oxygen atoms in total. The van der Waals surface area contributed by atoms with Crippen molar-refractivity contribution in [2.24, 2.45) is 0 Å². The molecule has 1 aromatic heterocycles. The summed E-state index contributed by atoms with van der Waals surface area (Å²) in [5.74, 6) is 0.705. The van der Waals surface area contributed by atoms with Gasteiger partial charge in [0.2, 0.25) is 0 Å². The number of aromatic nitrogens is 2. The minimum atomic E-state index is -0.444. The van der Waals surface area contributed by atoms with Crippen molar-refractivity contribution in [1.29, 1.82) is 0 Å². The number of rotatable bonds is 5. The van der Waals surface area contributed by atoms with E-state index in [9.17, 15) is 0 Å². The third kappa shape index (κ3) is 5.11. The first-order valence-corrected chi connectivity index (χ1v) is 20.2. The third-order valence-electron chi connectivity index (χ3n) is 12.6.